The number of ether oxygens (including phenoxy) is 1. The molecule has 0 atom stereocenters. The molecule has 1 saturated heterocycles. The van der Waals surface area contributed by atoms with Gasteiger partial charge in [-0.15, -0.1) is 24.8 Å². The molecule has 0 unspecified atom stereocenters. The second-order valence-electron chi connectivity index (χ2n) is 6.27. The van der Waals surface area contributed by atoms with Gasteiger partial charge in [-0.3, -0.25) is 9.69 Å². The second-order valence-corrected chi connectivity index (χ2v) is 6.27. The van der Waals surface area contributed by atoms with Gasteiger partial charge in [-0.25, -0.2) is 0 Å². The lowest BCUT2D eigenvalue weighted by molar-refractivity contribution is -0.123. The minimum Gasteiger partial charge on any atom is -0.384 e. The SMILES string of the molecule is COCC(C)(C)CNC(=O)CN(C)C1CCNCC1.Cl.Cl. The molecule has 0 aliphatic carbocycles. The smallest absolute Gasteiger partial charge is 0.234 e. The normalized spacial score (nSPS) is 16.0. The molecule has 2 N–H and O–H groups in total. The Morgan fingerprint density at radius 3 is 2.43 bits per heavy atom. The van der Waals surface area contributed by atoms with Crippen molar-refractivity contribution in [3.05, 3.63) is 0 Å². The largest absolute Gasteiger partial charge is 0.384 e. The minimum atomic E-state index is -0.0161. The molecular weight excluding hydrogens is 313 g/mol. The van der Waals surface area contributed by atoms with Gasteiger partial charge < -0.3 is 15.4 Å². The zero-order valence-corrected chi connectivity index (χ0v) is 15.2. The fraction of sp³-hybridized carbons (Fsp3) is 0.929. The molecule has 0 aromatic rings. The summed E-state index contributed by atoms with van der Waals surface area (Å²) in [6.45, 7) is 8.07. The van der Waals surface area contributed by atoms with E-state index in [1.807, 2.05) is 7.05 Å². The van der Waals surface area contributed by atoms with Crippen LogP contribution in [0.25, 0.3) is 0 Å². The minimum absolute atomic E-state index is 0. The van der Waals surface area contributed by atoms with E-state index in [1.165, 1.54) is 0 Å². The highest BCUT2D eigenvalue weighted by atomic mass is 35.5. The number of amides is 1. The van der Waals surface area contributed by atoms with E-state index in [1.54, 1.807) is 7.11 Å². The number of hydrogen-bond acceptors (Lipinski definition) is 4. The van der Waals surface area contributed by atoms with Crippen molar-refractivity contribution in [1.82, 2.24) is 15.5 Å². The van der Waals surface area contributed by atoms with Gasteiger partial charge in [0.25, 0.3) is 0 Å². The maximum absolute atomic E-state index is 11.9. The Morgan fingerprint density at radius 2 is 1.90 bits per heavy atom. The fourth-order valence-corrected chi connectivity index (χ4v) is 2.44. The average molecular weight is 344 g/mol. The van der Waals surface area contributed by atoms with Crippen molar-refractivity contribution in [2.45, 2.75) is 32.7 Å². The van der Waals surface area contributed by atoms with Crippen LogP contribution in [0.3, 0.4) is 0 Å². The maximum Gasteiger partial charge on any atom is 0.234 e. The van der Waals surface area contributed by atoms with Gasteiger partial charge in [0.15, 0.2) is 0 Å². The monoisotopic (exact) mass is 343 g/mol. The topological polar surface area (TPSA) is 53.6 Å². The molecule has 128 valence electrons. The van der Waals surface area contributed by atoms with E-state index in [2.05, 4.69) is 29.4 Å². The lowest BCUT2D eigenvalue weighted by Crippen LogP contribution is -2.46. The molecule has 21 heavy (non-hydrogen) atoms. The van der Waals surface area contributed by atoms with Crippen LogP contribution in [0.1, 0.15) is 26.7 Å². The highest BCUT2D eigenvalue weighted by Gasteiger charge is 2.22. The number of piperidine rings is 1. The summed E-state index contributed by atoms with van der Waals surface area (Å²) in [5.74, 6) is 0.102. The van der Waals surface area contributed by atoms with Crippen LogP contribution >= 0.6 is 24.8 Å². The van der Waals surface area contributed by atoms with E-state index >= 15 is 0 Å². The van der Waals surface area contributed by atoms with E-state index in [4.69, 9.17) is 4.74 Å². The van der Waals surface area contributed by atoms with Crippen molar-refractivity contribution in [2.75, 3.05) is 46.9 Å². The third-order valence-corrected chi connectivity index (χ3v) is 3.62. The number of hydrogen-bond donors (Lipinski definition) is 2. The van der Waals surface area contributed by atoms with Crippen LogP contribution in [-0.4, -0.2) is 63.8 Å². The Hall–Kier alpha value is -0.0700. The summed E-state index contributed by atoms with van der Waals surface area (Å²) in [5, 5.41) is 6.34. The number of carbonyl (C=O) groups excluding carboxylic acids is 1. The number of carbonyl (C=O) groups is 1. The number of halogens is 2. The Balaban J connectivity index is 0. The molecule has 1 fully saturated rings. The molecule has 1 aliphatic heterocycles. The number of nitrogens with one attached hydrogen (secondary N) is 2. The van der Waals surface area contributed by atoms with Gasteiger partial charge in [0.2, 0.25) is 5.91 Å². The first-order valence-corrected chi connectivity index (χ1v) is 7.11. The van der Waals surface area contributed by atoms with Crippen molar-refractivity contribution < 1.29 is 9.53 Å². The standard InChI is InChI=1S/C14H29N3O2.2ClH/c1-14(2,11-19-4)10-16-13(18)9-17(3)12-5-7-15-8-6-12;;/h12,15H,5-11H2,1-4H3,(H,16,18);2*1H. The van der Waals surface area contributed by atoms with Crippen LogP contribution in [0, 0.1) is 5.41 Å². The Bertz CT molecular complexity index is 285. The molecule has 5 nitrogen and oxygen atoms in total. The zero-order valence-electron chi connectivity index (χ0n) is 13.6. The molecule has 1 amide bonds. The number of rotatable bonds is 7. The van der Waals surface area contributed by atoms with Crippen LogP contribution in [0.4, 0.5) is 0 Å². The van der Waals surface area contributed by atoms with Gasteiger partial charge in [-0.1, -0.05) is 13.8 Å². The predicted molar refractivity (Wildman–Crippen MR) is 91.7 cm³/mol. The van der Waals surface area contributed by atoms with Crippen LogP contribution < -0.4 is 10.6 Å². The molecule has 0 aromatic heterocycles. The van der Waals surface area contributed by atoms with Crippen molar-refractivity contribution in [1.29, 1.82) is 0 Å². The Morgan fingerprint density at radius 1 is 1.33 bits per heavy atom. The van der Waals surface area contributed by atoms with Crippen molar-refractivity contribution in [3.8, 4) is 0 Å². The lowest BCUT2D eigenvalue weighted by atomic mass is 9.95. The van der Waals surface area contributed by atoms with Gasteiger partial charge in [-0.05, 0) is 33.0 Å². The average Bonchev–Trinajstić information content (AvgIpc) is 2.37. The molecule has 1 aliphatic rings. The summed E-state index contributed by atoms with van der Waals surface area (Å²) in [6, 6.07) is 0.527. The summed E-state index contributed by atoms with van der Waals surface area (Å²) in [7, 11) is 3.73. The lowest BCUT2D eigenvalue weighted by Gasteiger charge is -2.31. The highest BCUT2D eigenvalue weighted by Crippen LogP contribution is 2.13. The molecule has 1 rings (SSSR count). The van der Waals surface area contributed by atoms with E-state index in [9.17, 15) is 4.79 Å². The van der Waals surface area contributed by atoms with Crippen molar-refractivity contribution >= 4 is 30.7 Å². The quantitative estimate of drug-likeness (QED) is 0.731. The molecule has 0 spiro atoms. The number of nitrogens with zero attached hydrogens (tertiary/aromatic N) is 1. The molecule has 0 aromatic carbocycles. The molecule has 0 radical (unpaired) electrons. The van der Waals surface area contributed by atoms with Gasteiger partial charge in [0.1, 0.15) is 0 Å². The van der Waals surface area contributed by atoms with E-state index < -0.39 is 0 Å². The predicted octanol–water partition coefficient (Wildman–Crippen LogP) is 1.30. The van der Waals surface area contributed by atoms with E-state index in [0.29, 0.717) is 25.7 Å². The first-order valence-electron chi connectivity index (χ1n) is 7.11. The molecule has 1 heterocycles. The Kier molecular flexibility index (Phi) is 12.7. The van der Waals surface area contributed by atoms with Gasteiger partial charge >= 0.3 is 0 Å². The Labute approximate surface area is 141 Å². The van der Waals surface area contributed by atoms with Crippen LogP contribution in [-0.2, 0) is 9.53 Å². The van der Waals surface area contributed by atoms with Crippen LogP contribution in [0.15, 0.2) is 0 Å². The summed E-state index contributed by atoms with van der Waals surface area (Å²) in [5.41, 5.74) is -0.0161. The fourth-order valence-electron chi connectivity index (χ4n) is 2.44. The van der Waals surface area contributed by atoms with Crippen LogP contribution in [0.5, 0.6) is 0 Å². The van der Waals surface area contributed by atoms with Gasteiger partial charge in [0, 0.05) is 25.1 Å². The summed E-state index contributed by atoms with van der Waals surface area (Å²) >= 11 is 0. The first-order chi connectivity index (χ1) is 8.94. The molecule has 7 heteroatoms. The van der Waals surface area contributed by atoms with E-state index in [0.717, 1.165) is 25.9 Å². The van der Waals surface area contributed by atoms with Crippen molar-refractivity contribution in [2.24, 2.45) is 5.41 Å². The van der Waals surface area contributed by atoms with Crippen LogP contribution in [0.2, 0.25) is 0 Å². The molecule has 0 bridgehead atoms. The first kappa shape index (κ1) is 23.2. The highest BCUT2D eigenvalue weighted by molar-refractivity contribution is 5.85. The molecule has 0 saturated carbocycles. The maximum atomic E-state index is 11.9. The van der Waals surface area contributed by atoms with Crippen molar-refractivity contribution in [3.63, 3.8) is 0 Å². The third kappa shape index (κ3) is 9.53. The van der Waals surface area contributed by atoms with Gasteiger partial charge in [0.05, 0.1) is 13.2 Å². The number of likely N-dealkylation sites (N-methyl/N-ethyl adjacent to an activating group) is 1. The summed E-state index contributed by atoms with van der Waals surface area (Å²) in [6.07, 6.45) is 2.25. The zero-order chi connectivity index (χ0) is 14.3. The summed E-state index contributed by atoms with van der Waals surface area (Å²) < 4.78 is 5.15. The summed E-state index contributed by atoms with van der Waals surface area (Å²) in [4.78, 5) is 14.1. The van der Waals surface area contributed by atoms with Gasteiger partial charge in [-0.2, -0.15) is 0 Å². The third-order valence-electron chi connectivity index (χ3n) is 3.62. The molecular formula is C14H31Cl2N3O2. The number of methoxy groups -OCH3 is 1. The second kappa shape index (κ2) is 11.5. The van der Waals surface area contributed by atoms with E-state index in [-0.39, 0.29) is 36.1 Å².